The zero-order valence-electron chi connectivity index (χ0n) is 8.26. The fourth-order valence-corrected chi connectivity index (χ4v) is 1.12. The Hall–Kier alpha value is -1.25. The minimum Gasteiger partial charge on any atom is -0.470 e. The van der Waals surface area contributed by atoms with E-state index in [1.54, 1.807) is 19.5 Å². The van der Waals surface area contributed by atoms with Crippen molar-refractivity contribution in [1.29, 1.82) is 0 Å². The van der Waals surface area contributed by atoms with Gasteiger partial charge in [-0.1, -0.05) is 13.8 Å². The van der Waals surface area contributed by atoms with E-state index in [1.165, 1.54) is 0 Å². The molecule has 0 atom stereocenters. The standard InChI is InChI=1S/C10H15NO2/c1-7(2)9-5-13-6-10(9)11-4-8(3)12/h5-7,11H,4H2,1-3H3. The summed E-state index contributed by atoms with van der Waals surface area (Å²) in [4.78, 5) is 10.7. The molecule has 0 unspecified atom stereocenters. The Kier molecular flexibility index (Phi) is 3.12. The van der Waals surface area contributed by atoms with Crippen LogP contribution in [-0.2, 0) is 4.79 Å². The van der Waals surface area contributed by atoms with Crippen molar-refractivity contribution in [3.05, 3.63) is 18.1 Å². The molecule has 72 valence electrons. The van der Waals surface area contributed by atoms with Crippen molar-refractivity contribution in [3.8, 4) is 0 Å². The highest BCUT2D eigenvalue weighted by molar-refractivity contribution is 5.80. The highest BCUT2D eigenvalue weighted by Gasteiger charge is 2.08. The third-order valence-corrected chi connectivity index (χ3v) is 1.84. The fourth-order valence-electron chi connectivity index (χ4n) is 1.12. The zero-order valence-corrected chi connectivity index (χ0v) is 8.26. The molecule has 0 aliphatic heterocycles. The number of furan rings is 1. The van der Waals surface area contributed by atoms with Crippen LogP contribution >= 0.6 is 0 Å². The van der Waals surface area contributed by atoms with Crippen molar-refractivity contribution in [2.45, 2.75) is 26.7 Å². The van der Waals surface area contributed by atoms with Crippen LogP contribution in [0.2, 0.25) is 0 Å². The SMILES string of the molecule is CC(=O)CNc1cocc1C(C)C. The summed E-state index contributed by atoms with van der Waals surface area (Å²) in [5.41, 5.74) is 2.03. The lowest BCUT2D eigenvalue weighted by Gasteiger charge is -2.06. The Morgan fingerprint density at radius 1 is 1.54 bits per heavy atom. The van der Waals surface area contributed by atoms with Crippen LogP contribution in [0.5, 0.6) is 0 Å². The molecule has 0 spiro atoms. The van der Waals surface area contributed by atoms with Crippen molar-refractivity contribution in [3.63, 3.8) is 0 Å². The molecular formula is C10H15NO2. The highest BCUT2D eigenvalue weighted by Crippen LogP contribution is 2.24. The topological polar surface area (TPSA) is 42.2 Å². The van der Waals surface area contributed by atoms with Gasteiger partial charge in [-0.05, 0) is 12.8 Å². The molecule has 1 N–H and O–H groups in total. The predicted octanol–water partition coefficient (Wildman–Crippen LogP) is 2.40. The number of anilines is 1. The molecule has 0 aliphatic rings. The Balaban J connectivity index is 2.65. The first kappa shape index (κ1) is 9.84. The van der Waals surface area contributed by atoms with Crippen molar-refractivity contribution >= 4 is 11.5 Å². The molecule has 13 heavy (non-hydrogen) atoms. The summed E-state index contributed by atoms with van der Waals surface area (Å²) in [6, 6.07) is 0. The number of nitrogens with one attached hydrogen (secondary N) is 1. The van der Waals surface area contributed by atoms with Gasteiger partial charge in [-0.15, -0.1) is 0 Å². The van der Waals surface area contributed by atoms with E-state index in [0.717, 1.165) is 11.3 Å². The van der Waals surface area contributed by atoms with Gasteiger partial charge < -0.3 is 9.73 Å². The van der Waals surface area contributed by atoms with Crippen LogP contribution in [0, 0.1) is 0 Å². The summed E-state index contributed by atoms with van der Waals surface area (Å²) < 4.78 is 5.07. The first-order valence-electron chi connectivity index (χ1n) is 4.40. The van der Waals surface area contributed by atoms with Crippen molar-refractivity contribution in [2.75, 3.05) is 11.9 Å². The Morgan fingerprint density at radius 3 is 2.77 bits per heavy atom. The van der Waals surface area contributed by atoms with E-state index in [9.17, 15) is 4.79 Å². The second kappa shape index (κ2) is 4.12. The van der Waals surface area contributed by atoms with Crippen LogP contribution in [0.25, 0.3) is 0 Å². The van der Waals surface area contributed by atoms with Gasteiger partial charge in [0.15, 0.2) is 0 Å². The first-order valence-corrected chi connectivity index (χ1v) is 4.40. The summed E-state index contributed by atoms with van der Waals surface area (Å²) in [7, 11) is 0. The number of carbonyl (C=O) groups is 1. The van der Waals surface area contributed by atoms with Crippen LogP contribution in [0.3, 0.4) is 0 Å². The number of hydrogen-bond donors (Lipinski definition) is 1. The summed E-state index contributed by atoms with van der Waals surface area (Å²) in [6.45, 7) is 6.09. The molecular weight excluding hydrogens is 166 g/mol. The van der Waals surface area contributed by atoms with Gasteiger partial charge in [0.1, 0.15) is 12.0 Å². The number of ketones is 1. The first-order chi connectivity index (χ1) is 6.11. The van der Waals surface area contributed by atoms with Gasteiger partial charge in [-0.3, -0.25) is 4.79 Å². The molecule has 3 nitrogen and oxygen atoms in total. The monoisotopic (exact) mass is 181 g/mol. The second-order valence-corrected chi connectivity index (χ2v) is 3.45. The maximum atomic E-state index is 10.7. The van der Waals surface area contributed by atoms with Crippen LogP contribution < -0.4 is 5.32 Å². The van der Waals surface area contributed by atoms with E-state index in [2.05, 4.69) is 19.2 Å². The molecule has 0 bridgehead atoms. The normalized spacial score (nSPS) is 10.5. The van der Waals surface area contributed by atoms with Gasteiger partial charge in [-0.25, -0.2) is 0 Å². The van der Waals surface area contributed by atoms with Crippen LogP contribution in [0.1, 0.15) is 32.3 Å². The van der Waals surface area contributed by atoms with E-state index in [0.29, 0.717) is 12.5 Å². The summed E-state index contributed by atoms with van der Waals surface area (Å²) in [6.07, 6.45) is 3.35. The maximum absolute atomic E-state index is 10.7. The third-order valence-electron chi connectivity index (χ3n) is 1.84. The minimum atomic E-state index is 0.121. The van der Waals surface area contributed by atoms with Gasteiger partial charge in [0.2, 0.25) is 0 Å². The molecule has 1 heterocycles. The van der Waals surface area contributed by atoms with Gasteiger partial charge in [-0.2, -0.15) is 0 Å². The summed E-state index contributed by atoms with van der Waals surface area (Å²) in [5, 5.41) is 3.03. The average Bonchev–Trinajstić information content (AvgIpc) is 2.47. The number of carbonyl (C=O) groups excluding carboxylic acids is 1. The molecule has 1 aromatic heterocycles. The number of hydrogen-bond acceptors (Lipinski definition) is 3. The predicted molar refractivity (Wildman–Crippen MR) is 52.0 cm³/mol. The second-order valence-electron chi connectivity index (χ2n) is 3.45. The lowest BCUT2D eigenvalue weighted by Crippen LogP contribution is -2.10. The lowest BCUT2D eigenvalue weighted by molar-refractivity contribution is -0.115. The van der Waals surface area contributed by atoms with E-state index < -0.39 is 0 Å². The van der Waals surface area contributed by atoms with Crippen molar-refractivity contribution < 1.29 is 9.21 Å². The molecule has 0 radical (unpaired) electrons. The van der Waals surface area contributed by atoms with E-state index in [1.807, 2.05) is 0 Å². The van der Waals surface area contributed by atoms with Crippen LogP contribution in [-0.4, -0.2) is 12.3 Å². The molecule has 0 fully saturated rings. The lowest BCUT2D eigenvalue weighted by atomic mass is 10.1. The zero-order chi connectivity index (χ0) is 9.84. The van der Waals surface area contributed by atoms with Crippen molar-refractivity contribution in [2.24, 2.45) is 0 Å². The van der Waals surface area contributed by atoms with Crippen LogP contribution in [0.15, 0.2) is 16.9 Å². The molecule has 0 aliphatic carbocycles. The number of rotatable bonds is 4. The van der Waals surface area contributed by atoms with Crippen molar-refractivity contribution in [1.82, 2.24) is 0 Å². The highest BCUT2D eigenvalue weighted by atomic mass is 16.3. The minimum absolute atomic E-state index is 0.121. The maximum Gasteiger partial charge on any atom is 0.148 e. The quantitative estimate of drug-likeness (QED) is 0.775. The molecule has 0 amide bonds. The summed E-state index contributed by atoms with van der Waals surface area (Å²) in [5.74, 6) is 0.532. The third kappa shape index (κ3) is 2.61. The molecule has 0 saturated heterocycles. The summed E-state index contributed by atoms with van der Waals surface area (Å²) >= 11 is 0. The Morgan fingerprint density at radius 2 is 2.23 bits per heavy atom. The molecule has 1 aromatic rings. The molecule has 1 rings (SSSR count). The molecule has 0 saturated carbocycles. The Labute approximate surface area is 78.1 Å². The number of Topliss-reactive ketones (excluding diaryl/α,β-unsaturated/α-hetero) is 1. The van der Waals surface area contributed by atoms with Gasteiger partial charge in [0.05, 0.1) is 18.5 Å². The van der Waals surface area contributed by atoms with Gasteiger partial charge >= 0.3 is 0 Å². The fraction of sp³-hybridized carbons (Fsp3) is 0.500. The van der Waals surface area contributed by atoms with E-state index >= 15 is 0 Å². The molecule has 3 heteroatoms. The smallest absolute Gasteiger partial charge is 0.148 e. The van der Waals surface area contributed by atoms with Crippen LogP contribution in [0.4, 0.5) is 5.69 Å². The Bertz CT molecular complexity index is 289. The largest absolute Gasteiger partial charge is 0.470 e. The van der Waals surface area contributed by atoms with Gasteiger partial charge in [0, 0.05) is 5.56 Å². The van der Waals surface area contributed by atoms with E-state index in [-0.39, 0.29) is 5.78 Å². The molecule has 0 aromatic carbocycles. The van der Waals surface area contributed by atoms with E-state index in [4.69, 9.17) is 4.42 Å². The average molecular weight is 181 g/mol. The van der Waals surface area contributed by atoms with Gasteiger partial charge in [0.25, 0.3) is 0 Å².